The Kier molecular flexibility index (Phi) is 18.3. The van der Waals surface area contributed by atoms with Gasteiger partial charge in [-0.3, -0.25) is 38.8 Å². The Morgan fingerprint density at radius 1 is 0.525 bits per heavy atom. The monoisotopic (exact) mass is 828 g/mol. The zero-order valence-electron chi connectivity index (χ0n) is 21.7. The quantitative estimate of drug-likeness (QED) is 0.181. The first-order chi connectivity index (χ1) is 17.5. The number of amides is 4. The van der Waals surface area contributed by atoms with E-state index in [9.17, 15) is 19.2 Å². The third-order valence-electron chi connectivity index (χ3n) is 6.36. The second kappa shape index (κ2) is 17.1. The van der Waals surface area contributed by atoms with E-state index in [1.54, 1.807) is 27.7 Å². The molecule has 2 rings (SSSR count). The Labute approximate surface area is 313 Å². The molecule has 0 aromatic rings. The average Bonchev–Trinajstić information content (AvgIpc) is 2.80. The summed E-state index contributed by atoms with van der Waals surface area (Å²) < 4.78 is -0.537. The molecule has 20 heteroatoms. The molecular weight excluding hydrogens is 812 g/mol. The predicted molar refractivity (Wildman–Crippen MR) is 178 cm³/mol. The normalized spacial score (nSPS) is 17.8. The van der Waals surface area contributed by atoms with Crippen LogP contribution in [0, 0.1) is 10.8 Å². The Bertz CT molecular complexity index is 996. The van der Waals surface area contributed by atoms with Crippen LogP contribution < -0.4 is 0 Å². The van der Waals surface area contributed by atoms with Crippen molar-refractivity contribution in [1.82, 2.24) is 19.6 Å². The molecule has 2 aliphatic heterocycles. The zero-order valence-corrected chi connectivity index (χ0v) is 35.8. The van der Waals surface area contributed by atoms with Crippen molar-refractivity contribution in [2.75, 3.05) is 0 Å². The molecule has 2 aliphatic rings. The topological polar surface area (TPSA) is 81.2 Å². The van der Waals surface area contributed by atoms with E-state index in [0.717, 1.165) is 19.6 Å². The van der Waals surface area contributed by atoms with Gasteiger partial charge in [0.25, 0.3) is 0 Å². The molecule has 4 amide bonds. The van der Waals surface area contributed by atoms with Crippen LogP contribution in [-0.2, 0) is 109 Å². The second-order valence-electron chi connectivity index (χ2n) is 7.77. The maximum Gasteiger partial charge on any atom is 2.00 e. The van der Waals surface area contributed by atoms with Gasteiger partial charge in [-0.1, -0.05) is 27.7 Å². The van der Waals surface area contributed by atoms with E-state index in [4.69, 9.17) is 124 Å². The molecule has 40 heavy (non-hydrogen) atoms. The van der Waals surface area contributed by atoms with Crippen LogP contribution in [0.4, 0.5) is 0 Å². The van der Waals surface area contributed by atoms with Gasteiger partial charge in [0, 0.05) is 0 Å². The van der Waals surface area contributed by atoms with Gasteiger partial charge in [0.2, 0.25) is 23.6 Å². The second-order valence-corrected chi connectivity index (χ2v) is 12.6. The first kappa shape index (κ1) is 42.7. The van der Waals surface area contributed by atoms with Gasteiger partial charge in [0.15, 0.2) is 10.2 Å². The third-order valence-corrected chi connectivity index (χ3v) is 8.55. The van der Waals surface area contributed by atoms with Gasteiger partial charge in [-0.2, -0.15) is 0 Å². The number of nitrogens with zero attached hydrogens (tertiary/aromatic N) is 4. The van der Waals surface area contributed by atoms with Crippen LogP contribution in [0.15, 0.2) is 0 Å². The van der Waals surface area contributed by atoms with E-state index < -0.39 is 34.5 Å². The zero-order chi connectivity index (χ0) is 29.9. The van der Waals surface area contributed by atoms with Gasteiger partial charge in [0.05, 0.1) is 0 Å². The van der Waals surface area contributed by atoms with Crippen molar-refractivity contribution in [2.45, 2.75) is 53.4 Å². The molecule has 0 radical (unpaired) electrons. The minimum Gasteiger partial charge on any atom is -0.410 e. The first-order valence-electron chi connectivity index (χ1n) is 10.8. The van der Waals surface area contributed by atoms with E-state index in [-0.39, 0.29) is 66.5 Å². The largest absolute Gasteiger partial charge is 2.00 e. The van der Waals surface area contributed by atoms with Crippen molar-refractivity contribution in [3.63, 3.8) is 0 Å². The van der Waals surface area contributed by atoms with Gasteiger partial charge in [0.1, 0.15) is 10.8 Å². The number of carbonyl (C=O) groups excluding carboxylic acids is 4. The predicted octanol–water partition coefficient (Wildman–Crippen LogP) is 2.82. The fourth-order valence-corrected chi connectivity index (χ4v) is 6.45. The average molecular weight is 832 g/mol. The van der Waals surface area contributed by atoms with Crippen LogP contribution in [-0.4, -0.2) is 70.7 Å². The first-order valence-corrected chi connectivity index (χ1v) is 14.9. The van der Waals surface area contributed by atoms with Crippen LogP contribution in [0.3, 0.4) is 0 Å². The Balaban J connectivity index is 0. The Morgan fingerprint density at radius 3 is 0.775 bits per heavy atom. The smallest absolute Gasteiger partial charge is 0.410 e. The molecule has 0 unspecified atom stereocenters. The van der Waals surface area contributed by atoms with Crippen LogP contribution in [0.5, 0.6) is 0 Å². The molecule has 0 saturated carbocycles. The summed E-state index contributed by atoms with van der Waals surface area (Å²) in [4.78, 5) is 54.0. The molecule has 0 spiro atoms. The summed E-state index contributed by atoms with van der Waals surface area (Å²) in [6.07, 6.45) is 1.19. The molecule has 0 bridgehead atoms. The van der Waals surface area contributed by atoms with E-state index in [2.05, 4.69) is 0 Å². The van der Waals surface area contributed by atoms with Crippen molar-refractivity contribution in [3.8, 4) is 0 Å². The summed E-state index contributed by atoms with van der Waals surface area (Å²) in [6.45, 7) is 6.96. The summed E-state index contributed by atoms with van der Waals surface area (Å²) in [5.74, 6) is -1.96. The molecule has 0 aromatic heterocycles. The standard InChI is InChI=1S/2C10H12N2O2S5.2Zn/c2*1-3-10(4-2)5(13)11(8(16)17)7(15)12(6(10)14)9(18)19;;/h2*3-4H2,1-2H3,(H,16,17)(H,18,19);;/q;;2*+2/p-4. The molecule has 0 atom stereocenters. The van der Waals surface area contributed by atoms with Gasteiger partial charge < -0.3 is 99.4 Å². The Morgan fingerprint density at radius 2 is 0.675 bits per heavy atom. The van der Waals surface area contributed by atoms with Crippen LogP contribution in [0.25, 0.3) is 0 Å². The summed E-state index contributed by atoms with van der Waals surface area (Å²) in [5, 5.41) is -0.292. The van der Waals surface area contributed by atoms with Crippen molar-refractivity contribution in [2.24, 2.45) is 10.8 Å². The maximum absolute atomic E-state index is 12.5. The molecule has 2 fully saturated rings. The van der Waals surface area contributed by atoms with Gasteiger partial charge >= 0.3 is 39.0 Å². The molecule has 208 valence electrons. The Hall–Kier alpha value is 0.547. The van der Waals surface area contributed by atoms with Gasteiger partial charge in [-0.25, -0.2) is 0 Å². The van der Waals surface area contributed by atoms with E-state index >= 15 is 0 Å². The molecule has 2 saturated heterocycles. The van der Waals surface area contributed by atoms with Crippen LogP contribution in [0.2, 0.25) is 0 Å². The van der Waals surface area contributed by atoms with Crippen LogP contribution in [0.1, 0.15) is 53.4 Å². The van der Waals surface area contributed by atoms with Crippen molar-refractivity contribution in [3.05, 3.63) is 0 Å². The molecule has 0 aromatic carbocycles. The SMILES string of the molecule is CCC1(CC)C(=O)N(C(=S)[S-])C(=S)N(C(=S)[S-])C1=O.CCC1(CC)C(=O)N(C(=S)[S-])C(=S)N(C(=S)[S-])C1=O.[Zn+2].[Zn+2]. The van der Waals surface area contributed by atoms with E-state index in [1.807, 2.05) is 0 Å². The number of rotatable bonds is 4. The molecule has 2 heterocycles. The molecule has 8 nitrogen and oxygen atoms in total. The number of thiocarbonyl (C=S) groups is 6. The fourth-order valence-electron chi connectivity index (χ4n) is 3.94. The van der Waals surface area contributed by atoms with Gasteiger partial charge in [-0.05, 0) is 67.4 Å². The van der Waals surface area contributed by atoms with Crippen molar-refractivity contribution in [1.29, 1.82) is 0 Å². The summed E-state index contributed by atoms with van der Waals surface area (Å²) in [5.41, 5.74) is -2.51. The minimum absolute atomic E-state index is 0. The molecule has 0 N–H and O–H groups in total. The summed E-state index contributed by atoms with van der Waals surface area (Å²) >= 11 is 49.0. The van der Waals surface area contributed by atoms with Crippen LogP contribution >= 0.6 is 73.3 Å². The van der Waals surface area contributed by atoms with Crippen molar-refractivity contribution < 1.29 is 58.1 Å². The summed E-state index contributed by atoms with van der Waals surface area (Å²) in [7, 11) is 0. The van der Waals surface area contributed by atoms with Gasteiger partial charge in [-0.15, -0.1) is 0 Å². The third kappa shape index (κ3) is 7.60. The number of carbonyl (C=O) groups is 4. The van der Waals surface area contributed by atoms with Crippen molar-refractivity contribution >= 4 is 175 Å². The maximum atomic E-state index is 12.5. The molecular formula is C20H20N4O4S10Zn2. The molecule has 0 aliphatic carbocycles. The fraction of sp³-hybridized carbons (Fsp3) is 0.500. The summed E-state index contributed by atoms with van der Waals surface area (Å²) in [6, 6.07) is 0. The van der Waals surface area contributed by atoms with E-state index in [1.165, 1.54) is 0 Å². The van der Waals surface area contributed by atoms with E-state index in [0.29, 0.717) is 25.7 Å². The number of hydrogen-bond donors (Lipinski definition) is 0. The number of hydrogen-bond acceptors (Lipinski definition) is 14. The minimum atomic E-state index is -1.26.